The van der Waals surface area contributed by atoms with Crippen molar-refractivity contribution in [2.24, 2.45) is 0 Å². The van der Waals surface area contributed by atoms with Crippen molar-refractivity contribution in [3.8, 4) is 11.5 Å². The molecule has 3 aromatic carbocycles. The SMILES string of the molecule is CC(C)c1nc2ccccc2n1Cc1cccc(Oc2ccccc2)c1. The largest absolute Gasteiger partial charge is 0.457 e. The van der Waals surface area contributed by atoms with E-state index in [1.165, 1.54) is 11.1 Å². The molecule has 0 radical (unpaired) electrons. The minimum absolute atomic E-state index is 0.367. The lowest BCUT2D eigenvalue weighted by atomic mass is 10.1. The molecule has 4 aromatic rings. The Bertz CT molecular complexity index is 1020. The van der Waals surface area contributed by atoms with Crippen LogP contribution < -0.4 is 4.74 Å². The fourth-order valence-corrected chi connectivity index (χ4v) is 3.22. The molecule has 130 valence electrons. The van der Waals surface area contributed by atoms with Gasteiger partial charge in [-0.05, 0) is 42.0 Å². The van der Waals surface area contributed by atoms with Gasteiger partial charge in [0.05, 0.1) is 11.0 Å². The Morgan fingerprint density at radius 2 is 1.58 bits per heavy atom. The summed E-state index contributed by atoms with van der Waals surface area (Å²) in [6.07, 6.45) is 0. The van der Waals surface area contributed by atoms with Crippen LogP contribution in [0.15, 0.2) is 78.9 Å². The Morgan fingerprint density at radius 1 is 0.846 bits per heavy atom. The standard InChI is InChI=1S/C23H22N2O/c1-17(2)23-24-21-13-6-7-14-22(21)25(23)16-18-9-8-12-20(15-18)26-19-10-4-3-5-11-19/h3-15,17H,16H2,1-2H3. The lowest BCUT2D eigenvalue weighted by molar-refractivity contribution is 0.481. The molecule has 26 heavy (non-hydrogen) atoms. The van der Waals surface area contributed by atoms with E-state index < -0.39 is 0 Å². The number of rotatable bonds is 5. The molecule has 1 heterocycles. The summed E-state index contributed by atoms with van der Waals surface area (Å²) in [6, 6.07) is 26.5. The van der Waals surface area contributed by atoms with Crippen LogP contribution in [-0.4, -0.2) is 9.55 Å². The fourth-order valence-electron chi connectivity index (χ4n) is 3.22. The number of hydrogen-bond donors (Lipinski definition) is 0. The van der Waals surface area contributed by atoms with Gasteiger partial charge in [0.15, 0.2) is 0 Å². The summed E-state index contributed by atoms with van der Waals surface area (Å²) in [5.41, 5.74) is 3.42. The number of hydrogen-bond acceptors (Lipinski definition) is 2. The highest BCUT2D eigenvalue weighted by molar-refractivity contribution is 5.76. The van der Waals surface area contributed by atoms with Crippen molar-refractivity contribution in [2.45, 2.75) is 26.3 Å². The fraction of sp³-hybridized carbons (Fsp3) is 0.174. The highest BCUT2D eigenvalue weighted by Gasteiger charge is 2.13. The van der Waals surface area contributed by atoms with Crippen LogP contribution in [-0.2, 0) is 6.54 Å². The third-order valence-electron chi connectivity index (χ3n) is 4.42. The Morgan fingerprint density at radius 3 is 2.38 bits per heavy atom. The molecule has 0 saturated heterocycles. The summed E-state index contributed by atoms with van der Waals surface area (Å²) >= 11 is 0. The molecule has 0 fully saturated rings. The van der Waals surface area contributed by atoms with Crippen molar-refractivity contribution in [1.29, 1.82) is 0 Å². The molecule has 0 aliphatic carbocycles. The van der Waals surface area contributed by atoms with E-state index in [2.05, 4.69) is 48.7 Å². The van der Waals surface area contributed by atoms with Gasteiger partial charge in [0.1, 0.15) is 17.3 Å². The Hall–Kier alpha value is -3.07. The van der Waals surface area contributed by atoms with Crippen LogP contribution in [0.4, 0.5) is 0 Å². The van der Waals surface area contributed by atoms with E-state index >= 15 is 0 Å². The molecule has 0 unspecified atom stereocenters. The van der Waals surface area contributed by atoms with Crippen LogP contribution in [0.1, 0.15) is 31.2 Å². The molecule has 0 amide bonds. The molecule has 0 aliphatic heterocycles. The first-order chi connectivity index (χ1) is 12.7. The predicted octanol–water partition coefficient (Wildman–Crippen LogP) is 6.00. The second-order valence-electron chi connectivity index (χ2n) is 6.76. The predicted molar refractivity (Wildman–Crippen MR) is 106 cm³/mol. The van der Waals surface area contributed by atoms with Gasteiger partial charge in [-0.15, -0.1) is 0 Å². The van der Waals surface area contributed by atoms with Crippen LogP contribution in [0, 0.1) is 0 Å². The van der Waals surface area contributed by atoms with Crippen LogP contribution in [0.5, 0.6) is 11.5 Å². The molecular formula is C23H22N2O. The molecular weight excluding hydrogens is 320 g/mol. The van der Waals surface area contributed by atoms with Gasteiger partial charge >= 0.3 is 0 Å². The maximum absolute atomic E-state index is 5.98. The van der Waals surface area contributed by atoms with Crippen LogP contribution in [0.3, 0.4) is 0 Å². The van der Waals surface area contributed by atoms with Crippen LogP contribution in [0.25, 0.3) is 11.0 Å². The topological polar surface area (TPSA) is 27.1 Å². The minimum atomic E-state index is 0.367. The summed E-state index contributed by atoms with van der Waals surface area (Å²) in [5, 5.41) is 0. The molecule has 0 spiro atoms. The van der Waals surface area contributed by atoms with Crippen molar-refractivity contribution in [1.82, 2.24) is 9.55 Å². The van der Waals surface area contributed by atoms with Gasteiger partial charge in [0.2, 0.25) is 0 Å². The highest BCUT2D eigenvalue weighted by Crippen LogP contribution is 2.26. The Labute approximate surface area is 153 Å². The smallest absolute Gasteiger partial charge is 0.127 e. The molecule has 1 aromatic heterocycles. The van der Waals surface area contributed by atoms with Crippen molar-refractivity contribution >= 4 is 11.0 Å². The van der Waals surface area contributed by atoms with Gasteiger partial charge in [-0.3, -0.25) is 0 Å². The van der Waals surface area contributed by atoms with Crippen LogP contribution in [0.2, 0.25) is 0 Å². The third-order valence-corrected chi connectivity index (χ3v) is 4.42. The molecule has 3 heteroatoms. The van der Waals surface area contributed by atoms with Gasteiger partial charge in [-0.1, -0.05) is 56.3 Å². The average molecular weight is 342 g/mol. The summed E-state index contributed by atoms with van der Waals surface area (Å²) in [7, 11) is 0. The Balaban J connectivity index is 1.67. The first-order valence-electron chi connectivity index (χ1n) is 8.98. The summed E-state index contributed by atoms with van der Waals surface area (Å²) in [6.45, 7) is 5.15. The molecule has 0 saturated carbocycles. The van der Waals surface area contributed by atoms with Crippen molar-refractivity contribution < 1.29 is 4.74 Å². The maximum atomic E-state index is 5.98. The van der Waals surface area contributed by atoms with E-state index in [4.69, 9.17) is 9.72 Å². The van der Waals surface area contributed by atoms with Gasteiger partial charge in [-0.25, -0.2) is 4.98 Å². The molecule has 0 aliphatic rings. The number of fused-ring (bicyclic) bond motifs is 1. The zero-order valence-corrected chi connectivity index (χ0v) is 15.1. The van der Waals surface area contributed by atoms with Gasteiger partial charge < -0.3 is 9.30 Å². The van der Waals surface area contributed by atoms with E-state index in [0.29, 0.717) is 5.92 Å². The highest BCUT2D eigenvalue weighted by atomic mass is 16.5. The van der Waals surface area contributed by atoms with E-state index in [0.717, 1.165) is 29.4 Å². The normalized spacial score (nSPS) is 11.2. The minimum Gasteiger partial charge on any atom is -0.457 e. The second kappa shape index (κ2) is 7.04. The van der Waals surface area contributed by atoms with E-state index in [1.807, 2.05) is 48.5 Å². The van der Waals surface area contributed by atoms with E-state index in [1.54, 1.807) is 0 Å². The number of aromatic nitrogens is 2. The molecule has 0 N–H and O–H groups in total. The van der Waals surface area contributed by atoms with Gasteiger partial charge in [0.25, 0.3) is 0 Å². The molecule has 0 atom stereocenters. The second-order valence-corrected chi connectivity index (χ2v) is 6.76. The third kappa shape index (κ3) is 3.33. The number of imidazole rings is 1. The molecule has 3 nitrogen and oxygen atoms in total. The summed E-state index contributed by atoms with van der Waals surface area (Å²) < 4.78 is 8.29. The van der Waals surface area contributed by atoms with Crippen molar-refractivity contribution in [2.75, 3.05) is 0 Å². The van der Waals surface area contributed by atoms with E-state index in [9.17, 15) is 0 Å². The number of ether oxygens (including phenoxy) is 1. The monoisotopic (exact) mass is 342 g/mol. The number of para-hydroxylation sites is 3. The quantitative estimate of drug-likeness (QED) is 0.445. The Kier molecular flexibility index (Phi) is 4.44. The lowest BCUT2D eigenvalue weighted by Crippen LogP contribution is -2.06. The average Bonchev–Trinajstić information content (AvgIpc) is 3.02. The van der Waals surface area contributed by atoms with Gasteiger partial charge in [-0.2, -0.15) is 0 Å². The first kappa shape index (κ1) is 16.4. The summed E-state index contributed by atoms with van der Waals surface area (Å²) in [5.74, 6) is 3.18. The first-order valence-corrected chi connectivity index (χ1v) is 8.98. The van der Waals surface area contributed by atoms with Crippen molar-refractivity contribution in [3.63, 3.8) is 0 Å². The zero-order chi connectivity index (χ0) is 17.9. The lowest BCUT2D eigenvalue weighted by Gasteiger charge is -2.13. The maximum Gasteiger partial charge on any atom is 0.127 e. The zero-order valence-electron chi connectivity index (χ0n) is 15.1. The van der Waals surface area contributed by atoms with Gasteiger partial charge in [0, 0.05) is 12.5 Å². The summed E-state index contributed by atoms with van der Waals surface area (Å²) in [4.78, 5) is 4.83. The molecule has 0 bridgehead atoms. The number of benzene rings is 3. The van der Waals surface area contributed by atoms with Crippen molar-refractivity contribution in [3.05, 3.63) is 90.3 Å². The number of nitrogens with zero attached hydrogens (tertiary/aromatic N) is 2. The van der Waals surface area contributed by atoms with E-state index in [-0.39, 0.29) is 0 Å². The molecule has 4 rings (SSSR count). The van der Waals surface area contributed by atoms with Crippen LogP contribution >= 0.6 is 0 Å².